The van der Waals surface area contributed by atoms with Crippen molar-refractivity contribution >= 4 is 39.8 Å². The molecule has 1 aromatic heterocycles. The zero-order valence-corrected chi connectivity index (χ0v) is 11.9. The highest BCUT2D eigenvalue weighted by Crippen LogP contribution is 2.19. The van der Waals surface area contributed by atoms with E-state index in [1.807, 2.05) is 11.4 Å². The van der Waals surface area contributed by atoms with Crippen LogP contribution in [0, 0.1) is 2.88 Å². The molecule has 3 nitrogen and oxygen atoms in total. The van der Waals surface area contributed by atoms with Crippen LogP contribution in [0.15, 0.2) is 11.4 Å². The molecule has 0 saturated heterocycles. The maximum atomic E-state index is 11.9. The molecule has 5 heteroatoms. The monoisotopic (exact) mass is 350 g/mol. The lowest BCUT2D eigenvalue weighted by Crippen LogP contribution is -2.49. The number of rotatable bonds is 2. The van der Waals surface area contributed by atoms with Gasteiger partial charge in [-0.25, -0.2) is 0 Å². The Morgan fingerprint density at radius 1 is 1.50 bits per heavy atom. The standard InChI is InChI=1S/C11H15IN2OS/c12-10-5-7(6-16-10)11(15)14-9-4-2-1-3-8(9)13/h5-6,8-9H,1-4,13H2,(H,14,15)/t8-,9-/m1/s1. The normalized spacial score (nSPS) is 25.4. The first-order valence-electron chi connectivity index (χ1n) is 5.47. The lowest BCUT2D eigenvalue weighted by molar-refractivity contribution is 0.0921. The van der Waals surface area contributed by atoms with E-state index in [9.17, 15) is 4.79 Å². The fraction of sp³-hybridized carbons (Fsp3) is 0.545. The lowest BCUT2D eigenvalue weighted by atomic mass is 9.91. The third kappa shape index (κ3) is 2.95. The molecule has 1 heterocycles. The molecule has 0 unspecified atom stereocenters. The topological polar surface area (TPSA) is 55.1 Å². The average molecular weight is 350 g/mol. The first kappa shape index (κ1) is 12.3. The van der Waals surface area contributed by atoms with Crippen molar-refractivity contribution in [2.24, 2.45) is 5.73 Å². The third-order valence-corrected chi connectivity index (χ3v) is 4.75. The molecule has 3 N–H and O–H groups in total. The Hall–Kier alpha value is -0.140. The first-order valence-corrected chi connectivity index (χ1v) is 7.43. The molecule has 88 valence electrons. The van der Waals surface area contributed by atoms with Crippen LogP contribution >= 0.6 is 33.9 Å². The SMILES string of the molecule is N[C@@H]1CCCC[C@H]1NC(=O)c1csc(I)c1. The van der Waals surface area contributed by atoms with Crippen LogP contribution in [0.1, 0.15) is 36.0 Å². The summed E-state index contributed by atoms with van der Waals surface area (Å²) in [5.74, 6) is 0.0153. The molecule has 1 aliphatic rings. The van der Waals surface area contributed by atoms with Crippen molar-refractivity contribution in [3.05, 3.63) is 19.9 Å². The van der Waals surface area contributed by atoms with Crippen LogP contribution < -0.4 is 11.1 Å². The fourth-order valence-electron chi connectivity index (χ4n) is 2.02. The second kappa shape index (κ2) is 5.46. The van der Waals surface area contributed by atoms with Gasteiger partial charge < -0.3 is 11.1 Å². The van der Waals surface area contributed by atoms with E-state index in [0.717, 1.165) is 21.3 Å². The summed E-state index contributed by atoms with van der Waals surface area (Å²) in [6.45, 7) is 0. The van der Waals surface area contributed by atoms with E-state index in [4.69, 9.17) is 5.73 Å². The number of halogens is 1. The van der Waals surface area contributed by atoms with Gasteiger partial charge in [-0.05, 0) is 41.5 Å². The fourth-order valence-corrected chi connectivity index (χ4v) is 3.35. The van der Waals surface area contributed by atoms with Gasteiger partial charge in [0.25, 0.3) is 5.91 Å². The molecule has 1 saturated carbocycles. The second-order valence-electron chi connectivity index (χ2n) is 4.17. The Morgan fingerprint density at radius 3 is 2.88 bits per heavy atom. The molecule has 1 fully saturated rings. The third-order valence-electron chi connectivity index (χ3n) is 2.97. The number of hydrogen-bond acceptors (Lipinski definition) is 3. The quantitative estimate of drug-likeness (QED) is 0.805. The van der Waals surface area contributed by atoms with E-state index in [0.29, 0.717) is 0 Å². The number of thiophene rings is 1. The highest BCUT2D eigenvalue weighted by molar-refractivity contribution is 14.1. The van der Waals surface area contributed by atoms with Crippen LogP contribution in [0.25, 0.3) is 0 Å². The maximum absolute atomic E-state index is 11.9. The van der Waals surface area contributed by atoms with Gasteiger partial charge >= 0.3 is 0 Å². The van der Waals surface area contributed by atoms with E-state index in [2.05, 4.69) is 27.9 Å². The summed E-state index contributed by atoms with van der Waals surface area (Å²) in [6.07, 6.45) is 4.38. The molecule has 0 radical (unpaired) electrons. The van der Waals surface area contributed by atoms with E-state index < -0.39 is 0 Å². The predicted molar refractivity (Wildman–Crippen MR) is 74.7 cm³/mol. The Kier molecular flexibility index (Phi) is 4.21. The van der Waals surface area contributed by atoms with Gasteiger partial charge in [-0.1, -0.05) is 12.8 Å². The van der Waals surface area contributed by atoms with Gasteiger partial charge in [0.2, 0.25) is 0 Å². The molecule has 0 aliphatic heterocycles. The molecule has 1 aliphatic carbocycles. The largest absolute Gasteiger partial charge is 0.348 e. The molecule has 2 atom stereocenters. The lowest BCUT2D eigenvalue weighted by Gasteiger charge is -2.29. The number of nitrogens with two attached hydrogens (primary N) is 1. The van der Waals surface area contributed by atoms with Crippen molar-refractivity contribution in [1.29, 1.82) is 0 Å². The van der Waals surface area contributed by atoms with Crippen molar-refractivity contribution in [2.45, 2.75) is 37.8 Å². The minimum Gasteiger partial charge on any atom is -0.348 e. The van der Waals surface area contributed by atoms with Gasteiger partial charge in [-0.15, -0.1) is 11.3 Å². The maximum Gasteiger partial charge on any atom is 0.252 e. The molecular formula is C11H15IN2OS. The minimum absolute atomic E-state index is 0.0153. The van der Waals surface area contributed by atoms with E-state index >= 15 is 0 Å². The average Bonchev–Trinajstić information content (AvgIpc) is 2.68. The molecule has 2 rings (SSSR count). The summed E-state index contributed by atoms with van der Waals surface area (Å²) < 4.78 is 1.13. The first-order chi connectivity index (χ1) is 7.66. The summed E-state index contributed by atoms with van der Waals surface area (Å²) in [5, 5.41) is 4.93. The van der Waals surface area contributed by atoms with Crippen LogP contribution in [0.4, 0.5) is 0 Å². The second-order valence-corrected chi connectivity index (χ2v) is 6.97. The Balaban J connectivity index is 1.96. The van der Waals surface area contributed by atoms with Gasteiger partial charge in [0.1, 0.15) is 0 Å². The number of carbonyl (C=O) groups excluding carboxylic acids is 1. The van der Waals surface area contributed by atoms with E-state index in [1.54, 1.807) is 11.3 Å². The summed E-state index contributed by atoms with van der Waals surface area (Å²) in [6, 6.07) is 2.18. The van der Waals surface area contributed by atoms with Gasteiger partial charge in [0.15, 0.2) is 0 Å². The molecule has 0 spiro atoms. The molecule has 0 bridgehead atoms. The zero-order valence-electron chi connectivity index (χ0n) is 8.91. The number of amides is 1. The number of nitrogens with one attached hydrogen (secondary N) is 1. The van der Waals surface area contributed by atoms with Crippen molar-refractivity contribution in [3.63, 3.8) is 0 Å². The molecule has 1 aromatic rings. The summed E-state index contributed by atoms with van der Waals surface area (Å²) in [7, 11) is 0. The van der Waals surface area contributed by atoms with Crippen molar-refractivity contribution in [2.75, 3.05) is 0 Å². The summed E-state index contributed by atoms with van der Waals surface area (Å²) in [4.78, 5) is 11.9. The van der Waals surface area contributed by atoms with Gasteiger partial charge in [0, 0.05) is 17.5 Å². The molecule has 0 aromatic carbocycles. The van der Waals surface area contributed by atoms with Crippen LogP contribution in [-0.2, 0) is 0 Å². The van der Waals surface area contributed by atoms with Crippen molar-refractivity contribution < 1.29 is 4.79 Å². The van der Waals surface area contributed by atoms with Crippen LogP contribution in [0.3, 0.4) is 0 Å². The number of hydrogen-bond donors (Lipinski definition) is 2. The predicted octanol–water partition coefficient (Wildman–Crippen LogP) is 2.35. The molecule has 16 heavy (non-hydrogen) atoms. The van der Waals surface area contributed by atoms with Gasteiger partial charge in [-0.3, -0.25) is 4.79 Å². The van der Waals surface area contributed by atoms with Crippen molar-refractivity contribution in [3.8, 4) is 0 Å². The van der Waals surface area contributed by atoms with Crippen LogP contribution in [0.5, 0.6) is 0 Å². The highest BCUT2D eigenvalue weighted by Gasteiger charge is 2.23. The Labute approximate surface area is 113 Å². The van der Waals surface area contributed by atoms with Gasteiger partial charge in [-0.2, -0.15) is 0 Å². The minimum atomic E-state index is 0.0153. The zero-order chi connectivity index (χ0) is 11.5. The van der Waals surface area contributed by atoms with Crippen LogP contribution in [0.2, 0.25) is 0 Å². The molecular weight excluding hydrogens is 335 g/mol. The van der Waals surface area contributed by atoms with E-state index in [1.165, 1.54) is 12.8 Å². The Morgan fingerprint density at radius 2 is 2.25 bits per heavy atom. The summed E-state index contributed by atoms with van der Waals surface area (Å²) >= 11 is 3.81. The number of carbonyl (C=O) groups is 1. The van der Waals surface area contributed by atoms with Crippen LogP contribution in [-0.4, -0.2) is 18.0 Å². The summed E-state index contributed by atoms with van der Waals surface area (Å²) in [5.41, 5.74) is 6.75. The van der Waals surface area contributed by atoms with Gasteiger partial charge in [0.05, 0.1) is 8.45 Å². The smallest absolute Gasteiger partial charge is 0.252 e. The highest BCUT2D eigenvalue weighted by atomic mass is 127. The Bertz CT molecular complexity index is 380. The van der Waals surface area contributed by atoms with E-state index in [-0.39, 0.29) is 18.0 Å². The molecule has 1 amide bonds. The van der Waals surface area contributed by atoms with Crippen molar-refractivity contribution in [1.82, 2.24) is 5.32 Å².